The summed E-state index contributed by atoms with van der Waals surface area (Å²) >= 11 is 0. The molecule has 0 aliphatic rings. The van der Waals surface area contributed by atoms with Gasteiger partial charge in [-0.2, -0.15) is 10.4 Å². The molecule has 4 heteroatoms. The molecule has 0 unspecified atom stereocenters. The number of nitriles is 1. The number of nitrogens with two attached hydrogens (primary N) is 1. The van der Waals surface area contributed by atoms with Crippen molar-refractivity contribution in [3.8, 4) is 11.8 Å². The molecule has 1 aromatic carbocycles. The maximum atomic E-state index is 9.28. The molecular weight excluding hydrogens is 236 g/mol. The number of hydrogen-bond donors (Lipinski definition) is 1. The minimum Gasteiger partial charge on any atom is -0.396 e. The van der Waals surface area contributed by atoms with Crippen LogP contribution in [0.25, 0.3) is 5.69 Å². The minimum atomic E-state index is 0.625. The molecule has 98 valence electrons. The summed E-state index contributed by atoms with van der Waals surface area (Å²) in [6.45, 7) is 6.07. The van der Waals surface area contributed by atoms with E-state index in [1.54, 1.807) is 0 Å². The molecule has 0 saturated carbocycles. The van der Waals surface area contributed by atoms with Crippen LogP contribution in [-0.2, 0) is 12.8 Å². The van der Waals surface area contributed by atoms with Gasteiger partial charge in [0.25, 0.3) is 0 Å². The summed E-state index contributed by atoms with van der Waals surface area (Å²) < 4.78 is 1.84. The standard InChI is InChI=1S/C15H18N4/c1-4-12-14(17)13(5-2)19(18-12)15-10(3)7-6-8-11(15)9-16/h6-8H,4-5,17H2,1-3H3. The molecule has 2 aromatic rings. The zero-order valence-electron chi connectivity index (χ0n) is 11.6. The highest BCUT2D eigenvalue weighted by Crippen LogP contribution is 2.26. The van der Waals surface area contributed by atoms with Crippen molar-refractivity contribution in [3.63, 3.8) is 0 Å². The number of aromatic nitrogens is 2. The van der Waals surface area contributed by atoms with E-state index in [0.29, 0.717) is 5.56 Å². The van der Waals surface area contributed by atoms with Gasteiger partial charge in [0.2, 0.25) is 0 Å². The third kappa shape index (κ3) is 2.08. The Morgan fingerprint density at radius 2 is 2.05 bits per heavy atom. The number of anilines is 1. The van der Waals surface area contributed by atoms with Crippen LogP contribution in [-0.4, -0.2) is 9.78 Å². The lowest BCUT2D eigenvalue weighted by atomic mass is 10.1. The van der Waals surface area contributed by atoms with E-state index >= 15 is 0 Å². The minimum absolute atomic E-state index is 0.625. The van der Waals surface area contributed by atoms with Gasteiger partial charge >= 0.3 is 0 Å². The van der Waals surface area contributed by atoms with E-state index in [2.05, 4.69) is 11.2 Å². The zero-order chi connectivity index (χ0) is 14.0. The van der Waals surface area contributed by atoms with Gasteiger partial charge in [-0.05, 0) is 31.4 Å². The van der Waals surface area contributed by atoms with Gasteiger partial charge < -0.3 is 5.73 Å². The monoisotopic (exact) mass is 254 g/mol. The van der Waals surface area contributed by atoms with Crippen molar-refractivity contribution in [1.29, 1.82) is 5.26 Å². The third-order valence-corrected chi connectivity index (χ3v) is 3.34. The lowest BCUT2D eigenvalue weighted by Gasteiger charge is -2.11. The second-order valence-corrected chi connectivity index (χ2v) is 4.51. The Balaban J connectivity index is 2.76. The van der Waals surface area contributed by atoms with Crippen LogP contribution in [0.3, 0.4) is 0 Å². The number of nitrogens with zero attached hydrogens (tertiary/aromatic N) is 3. The highest BCUT2D eigenvalue weighted by atomic mass is 15.3. The second-order valence-electron chi connectivity index (χ2n) is 4.51. The molecule has 0 aliphatic heterocycles. The van der Waals surface area contributed by atoms with Crippen LogP contribution in [0.15, 0.2) is 18.2 Å². The summed E-state index contributed by atoms with van der Waals surface area (Å²) in [5.74, 6) is 0. The molecule has 1 aromatic heterocycles. The van der Waals surface area contributed by atoms with Gasteiger partial charge in [0.15, 0.2) is 0 Å². The largest absolute Gasteiger partial charge is 0.396 e. The molecule has 2 rings (SSSR count). The normalized spacial score (nSPS) is 10.4. The number of para-hydroxylation sites is 1. The summed E-state index contributed by atoms with van der Waals surface area (Å²) in [4.78, 5) is 0. The molecule has 0 bridgehead atoms. The molecule has 1 heterocycles. The van der Waals surface area contributed by atoms with E-state index in [1.807, 2.05) is 43.7 Å². The zero-order valence-corrected chi connectivity index (χ0v) is 11.6. The quantitative estimate of drug-likeness (QED) is 0.915. The first-order chi connectivity index (χ1) is 9.13. The number of aryl methyl sites for hydroxylation is 2. The van der Waals surface area contributed by atoms with Crippen molar-refractivity contribution in [2.24, 2.45) is 0 Å². The third-order valence-electron chi connectivity index (χ3n) is 3.34. The highest BCUT2D eigenvalue weighted by molar-refractivity contribution is 5.58. The molecule has 0 amide bonds. The van der Waals surface area contributed by atoms with Crippen molar-refractivity contribution in [2.45, 2.75) is 33.6 Å². The molecule has 2 N–H and O–H groups in total. The van der Waals surface area contributed by atoms with Gasteiger partial charge in [0, 0.05) is 0 Å². The van der Waals surface area contributed by atoms with Gasteiger partial charge in [0.05, 0.1) is 28.3 Å². The van der Waals surface area contributed by atoms with Crippen LogP contribution in [0.2, 0.25) is 0 Å². The summed E-state index contributed by atoms with van der Waals surface area (Å²) in [6, 6.07) is 7.91. The van der Waals surface area contributed by atoms with Gasteiger partial charge in [-0.25, -0.2) is 4.68 Å². The van der Waals surface area contributed by atoms with E-state index in [0.717, 1.165) is 41.2 Å². The van der Waals surface area contributed by atoms with Gasteiger partial charge in [0.1, 0.15) is 6.07 Å². The van der Waals surface area contributed by atoms with Crippen LogP contribution in [0.1, 0.15) is 36.4 Å². The Kier molecular flexibility index (Phi) is 3.57. The Bertz CT molecular complexity index is 647. The maximum absolute atomic E-state index is 9.28. The highest BCUT2D eigenvalue weighted by Gasteiger charge is 2.17. The van der Waals surface area contributed by atoms with Crippen molar-refractivity contribution < 1.29 is 0 Å². The Morgan fingerprint density at radius 1 is 1.32 bits per heavy atom. The Morgan fingerprint density at radius 3 is 2.63 bits per heavy atom. The van der Waals surface area contributed by atoms with Crippen LogP contribution < -0.4 is 5.73 Å². The fourth-order valence-corrected chi connectivity index (χ4v) is 2.33. The fraction of sp³-hybridized carbons (Fsp3) is 0.333. The van der Waals surface area contributed by atoms with Crippen LogP contribution in [0.4, 0.5) is 5.69 Å². The summed E-state index contributed by atoms with van der Waals surface area (Å²) in [7, 11) is 0. The predicted octanol–water partition coefficient (Wildman–Crippen LogP) is 2.76. The molecule has 0 aliphatic carbocycles. The first kappa shape index (κ1) is 13.2. The fourth-order valence-electron chi connectivity index (χ4n) is 2.33. The number of benzene rings is 1. The van der Waals surface area contributed by atoms with Gasteiger partial charge in [-0.3, -0.25) is 0 Å². The Labute approximate surface area is 113 Å². The smallest absolute Gasteiger partial charge is 0.101 e. The predicted molar refractivity (Wildman–Crippen MR) is 76.2 cm³/mol. The maximum Gasteiger partial charge on any atom is 0.101 e. The first-order valence-corrected chi connectivity index (χ1v) is 6.50. The molecule has 19 heavy (non-hydrogen) atoms. The van der Waals surface area contributed by atoms with Crippen molar-refractivity contribution in [1.82, 2.24) is 9.78 Å². The van der Waals surface area contributed by atoms with Crippen molar-refractivity contribution in [3.05, 3.63) is 40.7 Å². The summed E-state index contributed by atoms with van der Waals surface area (Å²) in [5, 5.41) is 13.9. The van der Waals surface area contributed by atoms with Gasteiger partial charge in [-0.15, -0.1) is 0 Å². The summed E-state index contributed by atoms with van der Waals surface area (Å²) in [5.41, 5.74) is 11.2. The average Bonchev–Trinajstić information content (AvgIpc) is 2.74. The van der Waals surface area contributed by atoms with Gasteiger partial charge in [-0.1, -0.05) is 26.0 Å². The average molecular weight is 254 g/mol. The number of hydrogen-bond acceptors (Lipinski definition) is 3. The van der Waals surface area contributed by atoms with E-state index < -0.39 is 0 Å². The number of rotatable bonds is 3. The summed E-state index contributed by atoms with van der Waals surface area (Å²) in [6.07, 6.45) is 1.58. The lowest BCUT2D eigenvalue weighted by Crippen LogP contribution is -2.07. The molecule has 0 fully saturated rings. The van der Waals surface area contributed by atoms with E-state index in [4.69, 9.17) is 5.73 Å². The van der Waals surface area contributed by atoms with Crippen molar-refractivity contribution >= 4 is 5.69 Å². The van der Waals surface area contributed by atoms with E-state index in [-0.39, 0.29) is 0 Å². The SMILES string of the molecule is CCc1nn(-c2c(C)cccc2C#N)c(CC)c1N. The lowest BCUT2D eigenvalue weighted by molar-refractivity contribution is 0.787. The Hall–Kier alpha value is -2.28. The van der Waals surface area contributed by atoms with Crippen LogP contribution in [0, 0.1) is 18.3 Å². The van der Waals surface area contributed by atoms with E-state index in [1.165, 1.54) is 0 Å². The van der Waals surface area contributed by atoms with Crippen LogP contribution in [0.5, 0.6) is 0 Å². The molecule has 4 nitrogen and oxygen atoms in total. The first-order valence-electron chi connectivity index (χ1n) is 6.50. The molecular formula is C15H18N4. The number of nitrogen functional groups attached to an aromatic ring is 1. The topological polar surface area (TPSA) is 67.6 Å². The molecule has 0 saturated heterocycles. The van der Waals surface area contributed by atoms with E-state index in [9.17, 15) is 5.26 Å². The van der Waals surface area contributed by atoms with Crippen molar-refractivity contribution in [2.75, 3.05) is 5.73 Å². The second kappa shape index (κ2) is 5.15. The molecule has 0 radical (unpaired) electrons. The molecule has 0 spiro atoms. The van der Waals surface area contributed by atoms with Crippen LogP contribution >= 0.6 is 0 Å². The molecule has 0 atom stereocenters.